The summed E-state index contributed by atoms with van der Waals surface area (Å²) in [5.74, 6) is -0.216. The fraction of sp³-hybridized carbons (Fsp3) is 0.222. The molecular weight excluding hydrogens is 548 g/mol. The summed E-state index contributed by atoms with van der Waals surface area (Å²) in [6, 6.07) is 27.5. The summed E-state index contributed by atoms with van der Waals surface area (Å²) in [5, 5.41) is 2.84. The molecule has 8 heteroatoms. The summed E-state index contributed by atoms with van der Waals surface area (Å²) in [4.78, 5) is 40.7. The Morgan fingerprint density at radius 1 is 0.795 bits per heavy atom. The molecule has 1 aliphatic rings. The van der Waals surface area contributed by atoms with Crippen LogP contribution in [-0.4, -0.2) is 52.4 Å². The quantitative estimate of drug-likeness (QED) is 0.176. The van der Waals surface area contributed by atoms with E-state index in [0.717, 1.165) is 65.8 Å². The number of hydrogen-bond donors (Lipinski definition) is 1. The number of aromatic nitrogens is 3. The molecule has 1 aliphatic heterocycles. The number of anilines is 3. The highest BCUT2D eigenvalue weighted by Gasteiger charge is 2.27. The molecule has 0 atom stereocenters. The van der Waals surface area contributed by atoms with Gasteiger partial charge in [0.1, 0.15) is 11.5 Å². The Morgan fingerprint density at radius 2 is 1.48 bits per heavy atom. The van der Waals surface area contributed by atoms with Crippen molar-refractivity contribution in [2.45, 2.75) is 27.3 Å². The van der Waals surface area contributed by atoms with Crippen molar-refractivity contribution in [1.82, 2.24) is 14.5 Å². The average molecular weight is 585 g/mol. The first-order valence-corrected chi connectivity index (χ1v) is 14.9. The minimum Gasteiger partial charge on any atom is -0.368 e. The Labute approximate surface area is 258 Å². The second kappa shape index (κ2) is 12.6. The van der Waals surface area contributed by atoms with Gasteiger partial charge in [0.25, 0.3) is 11.7 Å². The Hall–Kier alpha value is -5.24. The van der Waals surface area contributed by atoms with E-state index in [4.69, 9.17) is 4.98 Å². The maximum atomic E-state index is 13.8. The molecule has 1 amide bonds. The molecule has 8 nitrogen and oxygen atoms in total. The third-order valence-corrected chi connectivity index (χ3v) is 8.08. The van der Waals surface area contributed by atoms with Crippen LogP contribution < -0.4 is 15.1 Å². The summed E-state index contributed by atoms with van der Waals surface area (Å²) in [6.07, 6.45) is 3.46. The van der Waals surface area contributed by atoms with Gasteiger partial charge in [0, 0.05) is 73.4 Å². The minimum atomic E-state index is -0.668. The van der Waals surface area contributed by atoms with Crippen molar-refractivity contribution in [2.24, 2.45) is 0 Å². The predicted octanol–water partition coefficient (Wildman–Crippen LogP) is 6.07. The van der Waals surface area contributed by atoms with Gasteiger partial charge in [-0.05, 0) is 92.1 Å². The Bertz CT molecular complexity index is 1750. The van der Waals surface area contributed by atoms with Crippen LogP contribution in [0.15, 0.2) is 97.3 Å². The van der Waals surface area contributed by atoms with Gasteiger partial charge in [-0.2, -0.15) is 0 Å². The number of piperazine rings is 1. The molecule has 1 fully saturated rings. The van der Waals surface area contributed by atoms with Crippen LogP contribution in [0.1, 0.15) is 33.0 Å². The van der Waals surface area contributed by atoms with Crippen molar-refractivity contribution in [3.63, 3.8) is 0 Å². The monoisotopic (exact) mass is 584 g/mol. The van der Waals surface area contributed by atoms with Crippen molar-refractivity contribution < 1.29 is 9.59 Å². The number of aryl methyl sites for hydroxylation is 3. The largest absolute Gasteiger partial charge is 0.368 e. The highest BCUT2D eigenvalue weighted by Crippen LogP contribution is 2.29. The van der Waals surface area contributed by atoms with Gasteiger partial charge >= 0.3 is 0 Å². The zero-order valence-corrected chi connectivity index (χ0v) is 25.3. The molecule has 3 aromatic heterocycles. The molecule has 0 unspecified atom stereocenters. The highest BCUT2D eigenvalue weighted by atomic mass is 16.2. The number of Topliss-reactive ketones (excluding diaryl/α,β-unsaturated/α-hetero) is 1. The van der Waals surface area contributed by atoms with E-state index in [0.29, 0.717) is 17.9 Å². The molecule has 6 rings (SSSR count). The van der Waals surface area contributed by atoms with Gasteiger partial charge < -0.3 is 19.7 Å². The standard InChI is InChI=1S/C36H36N6O2/c1-25-21-26(2)38-33(22-25)41-19-17-40(18-20-41)31-11-9-30(10-12-31)39-36(44)35(43)34-32(29-7-5-4-6-8-29)23-27(3)42(34)24-28-13-15-37-16-14-28/h4-16,21-23H,17-20,24H2,1-3H3,(H,39,44). The number of benzene rings is 2. The number of nitrogens with zero attached hydrogens (tertiary/aromatic N) is 5. The van der Waals surface area contributed by atoms with Crippen molar-refractivity contribution in [3.05, 3.63) is 126 Å². The topological polar surface area (TPSA) is 83.4 Å². The number of rotatable bonds is 8. The third kappa shape index (κ3) is 6.24. The first-order chi connectivity index (χ1) is 21.4. The van der Waals surface area contributed by atoms with Gasteiger partial charge in [0.15, 0.2) is 0 Å². The molecule has 4 heterocycles. The lowest BCUT2D eigenvalue weighted by atomic mass is 10.0. The highest BCUT2D eigenvalue weighted by molar-refractivity contribution is 6.47. The van der Waals surface area contributed by atoms with Gasteiger partial charge in [-0.3, -0.25) is 14.6 Å². The van der Waals surface area contributed by atoms with Gasteiger partial charge in [-0.15, -0.1) is 0 Å². The predicted molar refractivity (Wildman–Crippen MR) is 175 cm³/mol. The van der Waals surface area contributed by atoms with Crippen LogP contribution in [0.4, 0.5) is 17.2 Å². The first-order valence-electron chi connectivity index (χ1n) is 14.9. The molecule has 0 bridgehead atoms. The van der Waals surface area contributed by atoms with Crippen LogP contribution in [0.25, 0.3) is 11.1 Å². The van der Waals surface area contributed by atoms with Gasteiger partial charge in [0.2, 0.25) is 0 Å². The molecule has 44 heavy (non-hydrogen) atoms. The number of pyridine rings is 2. The number of hydrogen-bond acceptors (Lipinski definition) is 6. The maximum Gasteiger partial charge on any atom is 0.298 e. The first kappa shape index (κ1) is 28.9. The number of ketones is 1. The van der Waals surface area contributed by atoms with Crippen LogP contribution in [0.2, 0.25) is 0 Å². The van der Waals surface area contributed by atoms with Crippen molar-refractivity contribution in [2.75, 3.05) is 41.3 Å². The average Bonchev–Trinajstić information content (AvgIpc) is 3.36. The number of nitrogens with one attached hydrogen (secondary N) is 1. The van der Waals surface area contributed by atoms with Crippen molar-refractivity contribution >= 4 is 28.9 Å². The molecule has 1 saturated heterocycles. The summed E-state index contributed by atoms with van der Waals surface area (Å²) < 4.78 is 1.91. The van der Waals surface area contributed by atoms with Crippen LogP contribution in [0.3, 0.4) is 0 Å². The molecule has 0 spiro atoms. The molecule has 2 aromatic carbocycles. The number of amides is 1. The Morgan fingerprint density at radius 3 is 2.16 bits per heavy atom. The Balaban J connectivity index is 1.16. The fourth-order valence-electron chi connectivity index (χ4n) is 5.86. The SMILES string of the molecule is Cc1cc(C)nc(N2CCN(c3ccc(NC(=O)C(=O)c4c(-c5ccccc5)cc(C)n4Cc4ccncc4)cc3)CC2)c1. The van der Waals surface area contributed by atoms with Crippen molar-refractivity contribution in [1.29, 1.82) is 0 Å². The zero-order chi connectivity index (χ0) is 30.6. The van der Waals surface area contributed by atoms with E-state index >= 15 is 0 Å². The molecule has 222 valence electrons. The second-order valence-corrected chi connectivity index (χ2v) is 11.3. The maximum absolute atomic E-state index is 13.8. The van der Waals surface area contributed by atoms with E-state index < -0.39 is 11.7 Å². The summed E-state index contributed by atoms with van der Waals surface area (Å²) >= 11 is 0. The van der Waals surface area contributed by atoms with Gasteiger partial charge in [-0.1, -0.05) is 30.3 Å². The van der Waals surface area contributed by atoms with Crippen LogP contribution in [-0.2, 0) is 11.3 Å². The molecule has 0 radical (unpaired) electrons. The van der Waals surface area contributed by atoms with E-state index in [-0.39, 0.29) is 0 Å². The minimum absolute atomic E-state index is 0.371. The third-order valence-electron chi connectivity index (χ3n) is 8.08. The van der Waals surface area contributed by atoms with E-state index in [1.165, 1.54) is 5.56 Å². The molecule has 0 aliphatic carbocycles. The zero-order valence-electron chi connectivity index (χ0n) is 25.3. The van der Waals surface area contributed by atoms with E-state index in [1.54, 1.807) is 12.4 Å². The Kier molecular flexibility index (Phi) is 8.23. The molecule has 5 aromatic rings. The molecule has 0 saturated carbocycles. The van der Waals surface area contributed by atoms with Gasteiger partial charge in [-0.25, -0.2) is 4.98 Å². The van der Waals surface area contributed by atoms with Crippen molar-refractivity contribution in [3.8, 4) is 11.1 Å². The summed E-state index contributed by atoms with van der Waals surface area (Å²) in [6.45, 7) is 10.0. The van der Waals surface area contributed by atoms with E-state index in [9.17, 15) is 9.59 Å². The summed E-state index contributed by atoms with van der Waals surface area (Å²) in [5.41, 5.74) is 7.80. The lowest BCUT2D eigenvalue weighted by Crippen LogP contribution is -2.46. The number of carbonyl (C=O) groups is 2. The fourth-order valence-corrected chi connectivity index (χ4v) is 5.86. The second-order valence-electron chi connectivity index (χ2n) is 11.3. The lowest BCUT2D eigenvalue weighted by molar-refractivity contribution is -0.112. The van der Waals surface area contributed by atoms with Crippen LogP contribution >= 0.6 is 0 Å². The van der Waals surface area contributed by atoms with E-state index in [1.807, 2.05) is 91.2 Å². The smallest absolute Gasteiger partial charge is 0.298 e. The lowest BCUT2D eigenvalue weighted by Gasteiger charge is -2.37. The molecule has 1 N–H and O–H groups in total. The summed E-state index contributed by atoms with van der Waals surface area (Å²) in [7, 11) is 0. The van der Waals surface area contributed by atoms with Crippen LogP contribution in [0, 0.1) is 20.8 Å². The molecular formula is C36H36N6O2. The number of carbonyl (C=O) groups excluding carboxylic acids is 2. The van der Waals surface area contributed by atoms with Gasteiger partial charge in [0.05, 0.1) is 0 Å². The van der Waals surface area contributed by atoms with E-state index in [2.05, 4.69) is 39.2 Å². The normalized spacial score (nSPS) is 13.2. The van der Waals surface area contributed by atoms with Crippen LogP contribution in [0.5, 0.6) is 0 Å².